The van der Waals surface area contributed by atoms with E-state index in [0.29, 0.717) is 6.42 Å². The van der Waals surface area contributed by atoms with Gasteiger partial charge in [0.15, 0.2) is 0 Å². The van der Waals surface area contributed by atoms with Crippen LogP contribution in [0.5, 0.6) is 0 Å². The molecule has 0 aliphatic carbocycles. The number of rotatable bonds is 7. The van der Waals surface area contributed by atoms with Gasteiger partial charge in [0.1, 0.15) is 0 Å². The first-order valence-electron chi connectivity index (χ1n) is 8.73. The summed E-state index contributed by atoms with van der Waals surface area (Å²) in [6.07, 6.45) is 5.85. The van der Waals surface area contributed by atoms with Gasteiger partial charge in [-0.1, -0.05) is 46.3 Å². The van der Waals surface area contributed by atoms with Gasteiger partial charge in [-0.15, -0.1) is 0 Å². The number of aromatic nitrogens is 2. The quantitative estimate of drug-likeness (QED) is 0.629. The van der Waals surface area contributed by atoms with Gasteiger partial charge in [0.05, 0.1) is 18.3 Å². The van der Waals surface area contributed by atoms with Crippen LogP contribution in [-0.2, 0) is 17.6 Å². The van der Waals surface area contributed by atoms with Crippen molar-refractivity contribution < 1.29 is 4.79 Å². The highest BCUT2D eigenvalue weighted by Gasteiger charge is 2.10. The van der Waals surface area contributed by atoms with Gasteiger partial charge in [0.2, 0.25) is 5.91 Å². The molecule has 3 rings (SSSR count). The Bertz CT molecular complexity index is 843. The summed E-state index contributed by atoms with van der Waals surface area (Å²) in [5.74, 6) is 0.0286. The first kappa shape index (κ1) is 18.4. The molecule has 134 valence electrons. The molecule has 26 heavy (non-hydrogen) atoms. The van der Waals surface area contributed by atoms with Gasteiger partial charge in [-0.25, -0.2) is 4.68 Å². The lowest BCUT2D eigenvalue weighted by Crippen LogP contribution is -2.33. The number of aryl methyl sites for hydroxylation is 1. The van der Waals surface area contributed by atoms with Crippen LogP contribution in [0.4, 0.5) is 0 Å². The first-order valence-corrected chi connectivity index (χ1v) is 9.52. The minimum absolute atomic E-state index is 0.0286. The van der Waals surface area contributed by atoms with Gasteiger partial charge in [0.25, 0.3) is 0 Å². The van der Waals surface area contributed by atoms with Crippen molar-refractivity contribution in [3.8, 4) is 5.69 Å². The maximum Gasteiger partial charge on any atom is 0.224 e. The Morgan fingerprint density at radius 1 is 1.12 bits per heavy atom. The molecule has 2 aromatic carbocycles. The molecule has 0 radical (unpaired) electrons. The molecule has 1 unspecified atom stereocenters. The van der Waals surface area contributed by atoms with Crippen LogP contribution in [0.25, 0.3) is 5.69 Å². The molecule has 1 N–H and O–H groups in total. The smallest absolute Gasteiger partial charge is 0.224 e. The molecule has 1 amide bonds. The van der Waals surface area contributed by atoms with E-state index in [-0.39, 0.29) is 11.9 Å². The minimum atomic E-state index is 0.0286. The number of amides is 1. The van der Waals surface area contributed by atoms with E-state index >= 15 is 0 Å². The average Bonchev–Trinajstić information content (AvgIpc) is 3.10. The number of nitrogens with one attached hydrogen (secondary N) is 1. The zero-order valence-corrected chi connectivity index (χ0v) is 16.3. The summed E-state index contributed by atoms with van der Waals surface area (Å²) in [6.45, 7) is 2.05. The van der Waals surface area contributed by atoms with Crippen LogP contribution in [0.1, 0.15) is 24.5 Å². The SMILES string of the molecule is CC(CCc1ccc(Br)cc1)NC(=O)Cc1cnn(-c2ccccc2)c1. The summed E-state index contributed by atoms with van der Waals surface area (Å²) in [4.78, 5) is 12.3. The van der Waals surface area contributed by atoms with E-state index in [1.54, 1.807) is 10.9 Å². The third-order valence-electron chi connectivity index (χ3n) is 4.21. The van der Waals surface area contributed by atoms with Crippen molar-refractivity contribution in [1.29, 1.82) is 0 Å². The molecule has 4 nitrogen and oxygen atoms in total. The van der Waals surface area contributed by atoms with Gasteiger partial charge < -0.3 is 5.32 Å². The molecule has 1 atom stereocenters. The lowest BCUT2D eigenvalue weighted by molar-refractivity contribution is -0.121. The highest BCUT2D eigenvalue weighted by Crippen LogP contribution is 2.13. The van der Waals surface area contributed by atoms with Gasteiger partial charge in [-0.05, 0) is 55.2 Å². The lowest BCUT2D eigenvalue weighted by atomic mass is 10.1. The number of nitrogens with zero attached hydrogens (tertiary/aromatic N) is 2. The predicted octanol–water partition coefficient (Wildman–Crippen LogP) is 4.31. The van der Waals surface area contributed by atoms with E-state index in [1.165, 1.54) is 5.56 Å². The average molecular weight is 412 g/mol. The second kappa shape index (κ2) is 8.81. The fourth-order valence-electron chi connectivity index (χ4n) is 2.79. The van der Waals surface area contributed by atoms with E-state index in [1.807, 2.05) is 55.6 Å². The largest absolute Gasteiger partial charge is 0.353 e. The maximum atomic E-state index is 12.3. The molecule has 0 spiro atoms. The first-order chi connectivity index (χ1) is 12.6. The maximum absolute atomic E-state index is 12.3. The third-order valence-corrected chi connectivity index (χ3v) is 4.74. The number of carbonyl (C=O) groups is 1. The number of carbonyl (C=O) groups excluding carboxylic acids is 1. The van der Waals surface area contributed by atoms with Crippen LogP contribution in [0.2, 0.25) is 0 Å². The molecular formula is C21H22BrN3O. The number of hydrogen-bond donors (Lipinski definition) is 1. The van der Waals surface area contributed by atoms with Gasteiger partial charge >= 0.3 is 0 Å². The fraction of sp³-hybridized carbons (Fsp3) is 0.238. The Balaban J connectivity index is 1.47. The molecule has 0 saturated carbocycles. The summed E-state index contributed by atoms with van der Waals surface area (Å²) in [6, 6.07) is 18.3. The monoisotopic (exact) mass is 411 g/mol. The normalized spacial score (nSPS) is 11.9. The molecule has 0 fully saturated rings. The Kier molecular flexibility index (Phi) is 6.23. The van der Waals surface area contributed by atoms with Crippen molar-refractivity contribution in [2.24, 2.45) is 0 Å². The molecule has 1 aromatic heterocycles. The van der Waals surface area contributed by atoms with Gasteiger partial charge in [-0.3, -0.25) is 4.79 Å². The second-order valence-corrected chi connectivity index (χ2v) is 7.35. The highest BCUT2D eigenvalue weighted by molar-refractivity contribution is 9.10. The van der Waals surface area contributed by atoms with Crippen molar-refractivity contribution in [3.05, 3.63) is 82.6 Å². The zero-order chi connectivity index (χ0) is 18.4. The third kappa shape index (κ3) is 5.30. The van der Waals surface area contributed by atoms with Crippen LogP contribution in [-0.4, -0.2) is 21.7 Å². The van der Waals surface area contributed by atoms with E-state index < -0.39 is 0 Å². The predicted molar refractivity (Wildman–Crippen MR) is 107 cm³/mol. The van der Waals surface area contributed by atoms with E-state index in [9.17, 15) is 4.79 Å². The Morgan fingerprint density at radius 2 is 1.85 bits per heavy atom. The molecule has 3 aromatic rings. The summed E-state index contributed by atoms with van der Waals surface area (Å²) >= 11 is 3.44. The van der Waals surface area contributed by atoms with Crippen molar-refractivity contribution in [1.82, 2.24) is 15.1 Å². The zero-order valence-electron chi connectivity index (χ0n) is 14.7. The van der Waals surface area contributed by atoms with E-state index in [2.05, 4.69) is 38.5 Å². The molecule has 1 heterocycles. The van der Waals surface area contributed by atoms with E-state index in [0.717, 1.165) is 28.6 Å². The second-order valence-electron chi connectivity index (χ2n) is 6.44. The van der Waals surface area contributed by atoms with E-state index in [4.69, 9.17) is 0 Å². The number of hydrogen-bond acceptors (Lipinski definition) is 2. The van der Waals surface area contributed by atoms with Gasteiger partial charge in [-0.2, -0.15) is 5.10 Å². The molecule has 5 heteroatoms. The summed E-state index contributed by atoms with van der Waals surface area (Å²) in [5.41, 5.74) is 3.17. The summed E-state index contributed by atoms with van der Waals surface area (Å²) < 4.78 is 2.87. The van der Waals surface area contributed by atoms with Crippen molar-refractivity contribution in [3.63, 3.8) is 0 Å². The fourth-order valence-corrected chi connectivity index (χ4v) is 3.06. The van der Waals surface area contributed by atoms with Gasteiger partial charge in [0, 0.05) is 16.7 Å². The molecule has 0 bridgehead atoms. The number of benzene rings is 2. The molecular weight excluding hydrogens is 390 g/mol. The van der Waals surface area contributed by atoms with Crippen LogP contribution in [0.15, 0.2) is 71.5 Å². The standard InChI is InChI=1S/C21H22BrN3O/c1-16(7-8-17-9-11-19(22)12-10-17)24-21(26)13-18-14-23-25(15-18)20-5-3-2-4-6-20/h2-6,9-12,14-16H,7-8,13H2,1H3,(H,24,26). The van der Waals surface area contributed by atoms with Crippen LogP contribution in [0, 0.1) is 0 Å². The number of para-hydroxylation sites is 1. The van der Waals surface area contributed by atoms with Crippen LogP contribution in [0.3, 0.4) is 0 Å². The van der Waals surface area contributed by atoms with Crippen molar-refractivity contribution >= 4 is 21.8 Å². The molecule has 0 saturated heterocycles. The van der Waals surface area contributed by atoms with Crippen LogP contribution >= 0.6 is 15.9 Å². The topological polar surface area (TPSA) is 46.9 Å². The Hall–Kier alpha value is -2.40. The molecule has 0 aliphatic rings. The Labute approximate surface area is 162 Å². The highest BCUT2D eigenvalue weighted by atomic mass is 79.9. The molecule has 0 aliphatic heterocycles. The van der Waals surface area contributed by atoms with Crippen LogP contribution < -0.4 is 5.32 Å². The number of halogens is 1. The lowest BCUT2D eigenvalue weighted by Gasteiger charge is -2.13. The summed E-state index contributed by atoms with van der Waals surface area (Å²) in [7, 11) is 0. The van der Waals surface area contributed by atoms with Crippen molar-refractivity contribution in [2.45, 2.75) is 32.2 Å². The summed E-state index contributed by atoms with van der Waals surface area (Å²) in [5, 5.41) is 7.41. The minimum Gasteiger partial charge on any atom is -0.353 e. The van der Waals surface area contributed by atoms with Crippen molar-refractivity contribution in [2.75, 3.05) is 0 Å². The Morgan fingerprint density at radius 3 is 2.58 bits per heavy atom.